The first-order chi connectivity index (χ1) is 11.1. The maximum absolute atomic E-state index is 12.5. The Kier molecular flexibility index (Phi) is 5.99. The zero-order valence-electron chi connectivity index (χ0n) is 13.2. The van der Waals surface area contributed by atoms with Crippen molar-refractivity contribution in [1.82, 2.24) is 9.80 Å². The molecule has 1 saturated heterocycles. The fraction of sp³-hybridized carbons (Fsp3) is 0.588. The maximum atomic E-state index is 12.5. The minimum Gasteiger partial charge on any atom is -0.322 e. The van der Waals surface area contributed by atoms with E-state index in [4.69, 9.17) is 0 Å². The molecule has 0 unspecified atom stereocenters. The molecule has 2 aliphatic rings. The van der Waals surface area contributed by atoms with E-state index >= 15 is 0 Å². The van der Waals surface area contributed by atoms with E-state index in [1.807, 2.05) is 23.1 Å². The lowest BCUT2D eigenvalue weighted by molar-refractivity contribution is 0.0943. The molecule has 1 aromatic rings. The summed E-state index contributed by atoms with van der Waals surface area (Å²) < 4.78 is 1.88. The molecule has 0 aromatic heterocycles. The Morgan fingerprint density at radius 3 is 2.39 bits per heavy atom. The van der Waals surface area contributed by atoms with Crippen LogP contribution in [-0.2, 0) is 0 Å². The van der Waals surface area contributed by atoms with E-state index in [1.165, 1.54) is 32.1 Å². The number of carbonyl (C=O) groups excluding carboxylic acids is 1. The summed E-state index contributed by atoms with van der Waals surface area (Å²) in [6.07, 6.45) is 6.78. The third-order valence-electron chi connectivity index (χ3n) is 4.87. The predicted molar refractivity (Wildman–Crippen MR) is 101 cm³/mol. The SMILES string of the molecule is O=C(Nc1ccc(Br)cc1Br)N1CCN(C2CCCCC2)CC1. The number of rotatable bonds is 2. The molecular weight excluding hydrogens is 422 g/mol. The van der Waals surface area contributed by atoms with Crippen molar-refractivity contribution in [1.29, 1.82) is 0 Å². The van der Waals surface area contributed by atoms with Crippen LogP contribution in [0.3, 0.4) is 0 Å². The summed E-state index contributed by atoms with van der Waals surface area (Å²) in [5.74, 6) is 0. The Bertz CT molecular complexity index is 553. The molecule has 2 fully saturated rings. The summed E-state index contributed by atoms with van der Waals surface area (Å²) in [4.78, 5) is 17.0. The van der Waals surface area contributed by atoms with Gasteiger partial charge in [-0.25, -0.2) is 4.79 Å². The Labute approximate surface area is 154 Å². The van der Waals surface area contributed by atoms with Gasteiger partial charge < -0.3 is 10.2 Å². The monoisotopic (exact) mass is 443 g/mol. The van der Waals surface area contributed by atoms with E-state index in [-0.39, 0.29) is 6.03 Å². The Morgan fingerprint density at radius 1 is 1.04 bits per heavy atom. The number of halogens is 2. The molecule has 0 radical (unpaired) electrons. The molecule has 0 atom stereocenters. The van der Waals surface area contributed by atoms with E-state index < -0.39 is 0 Å². The number of urea groups is 1. The summed E-state index contributed by atoms with van der Waals surface area (Å²) in [6, 6.07) is 6.52. The maximum Gasteiger partial charge on any atom is 0.321 e. The normalized spacial score (nSPS) is 20.5. The first kappa shape index (κ1) is 17.2. The number of amides is 2. The summed E-state index contributed by atoms with van der Waals surface area (Å²) in [5.41, 5.74) is 0.813. The van der Waals surface area contributed by atoms with Crippen LogP contribution >= 0.6 is 31.9 Å². The summed E-state index contributed by atoms with van der Waals surface area (Å²) in [7, 11) is 0. The van der Waals surface area contributed by atoms with E-state index in [0.717, 1.165) is 46.9 Å². The van der Waals surface area contributed by atoms with Crippen LogP contribution in [0, 0.1) is 0 Å². The predicted octanol–water partition coefficient (Wildman–Crippen LogP) is 4.69. The number of benzene rings is 1. The summed E-state index contributed by atoms with van der Waals surface area (Å²) in [5, 5.41) is 3.00. The molecule has 1 aliphatic carbocycles. The molecule has 4 nitrogen and oxygen atoms in total. The number of carbonyl (C=O) groups is 1. The molecule has 1 saturated carbocycles. The van der Waals surface area contributed by atoms with E-state index in [2.05, 4.69) is 42.1 Å². The minimum absolute atomic E-state index is 0.00341. The Balaban J connectivity index is 1.51. The van der Waals surface area contributed by atoms with Crippen molar-refractivity contribution < 1.29 is 4.79 Å². The van der Waals surface area contributed by atoms with Crippen LogP contribution in [0.25, 0.3) is 0 Å². The van der Waals surface area contributed by atoms with Gasteiger partial charge >= 0.3 is 6.03 Å². The topological polar surface area (TPSA) is 35.6 Å². The Morgan fingerprint density at radius 2 is 1.74 bits per heavy atom. The fourth-order valence-corrected chi connectivity index (χ4v) is 4.67. The highest BCUT2D eigenvalue weighted by Crippen LogP contribution is 2.27. The van der Waals surface area contributed by atoms with Crippen LogP contribution in [-0.4, -0.2) is 48.1 Å². The molecule has 1 heterocycles. The van der Waals surface area contributed by atoms with Crippen molar-refractivity contribution in [3.05, 3.63) is 27.1 Å². The van der Waals surface area contributed by atoms with E-state index in [0.29, 0.717) is 0 Å². The van der Waals surface area contributed by atoms with Crippen molar-refractivity contribution in [2.24, 2.45) is 0 Å². The van der Waals surface area contributed by atoms with Gasteiger partial charge in [-0.05, 0) is 47.0 Å². The molecule has 2 amide bonds. The highest BCUT2D eigenvalue weighted by atomic mass is 79.9. The molecule has 126 valence electrons. The van der Waals surface area contributed by atoms with Crippen LogP contribution < -0.4 is 5.32 Å². The van der Waals surface area contributed by atoms with Gasteiger partial charge in [0.25, 0.3) is 0 Å². The number of anilines is 1. The molecule has 0 bridgehead atoms. The smallest absolute Gasteiger partial charge is 0.321 e. The van der Waals surface area contributed by atoms with Gasteiger partial charge in [-0.3, -0.25) is 4.90 Å². The van der Waals surface area contributed by atoms with Crippen molar-refractivity contribution in [3.63, 3.8) is 0 Å². The van der Waals surface area contributed by atoms with Gasteiger partial charge in [0.15, 0.2) is 0 Å². The van der Waals surface area contributed by atoms with Crippen LogP contribution in [0.15, 0.2) is 27.1 Å². The quantitative estimate of drug-likeness (QED) is 0.717. The van der Waals surface area contributed by atoms with E-state index in [1.54, 1.807) is 0 Å². The molecule has 1 N–H and O–H groups in total. The lowest BCUT2D eigenvalue weighted by atomic mass is 9.94. The summed E-state index contributed by atoms with van der Waals surface area (Å²) in [6.45, 7) is 3.63. The van der Waals surface area contributed by atoms with Crippen molar-refractivity contribution in [2.75, 3.05) is 31.5 Å². The second-order valence-electron chi connectivity index (χ2n) is 6.37. The molecular formula is C17H23Br2N3O. The van der Waals surface area contributed by atoms with Gasteiger partial charge in [0.1, 0.15) is 0 Å². The summed E-state index contributed by atoms with van der Waals surface area (Å²) >= 11 is 6.91. The minimum atomic E-state index is -0.00341. The van der Waals surface area contributed by atoms with Gasteiger partial charge in [0.05, 0.1) is 5.69 Å². The van der Waals surface area contributed by atoms with Crippen LogP contribution in [0.5, 0.6) is 0 Å². The van der Waals surface area contributed by atoms with Gasteiger partial charge in [0, 0.05) is 41.2 Å². The molecule has 1 aromatic carbocycles. The van der Waals surface area contributed by atoms with E-state index in [9.17, 15) is 4.79 Å². The highest BCUT2D eigenvalue weighted by Gasteiger charge is 2.27. The molecule has 3 rings (SSSR count). The average Bonchev–Trinajstić information content (AvgIpc) is 2.58. The molecule has 6 heteroatoms. The number of hydrogen-bond acceptors (Lipinski definition) is 2. The molecule has 0 spiro atoms. The van der Waals surface area contributed by atoms with Crippen molar-refractivity contribution >= 4 is 43.6 Å². The second-order valence-corrected chi connectivity index (χ2v) is 8.14. The van der Waals surface area contributed by atoms with Gasteiger partial charge in [0.2, 0.25) is 0 Å². The molecule has 1 aliphatic heterocycles. The largest absolute Gasteiger partial charge is 0.322 e. The van der Waals surface area contributed by atoms with Crippen molar-refractivity contribution in [3.8, 4) is 0 Å². The van der Waals surface area contributed by atoms with Gasteiger partial charge in [-0.1, -0.05) is 35.2 Å². The average molecular weight is 445 g/mol. The number of nitrogens with one attached hydrogen (secondary N) is 1. The number of nitrogens with zero attached hydrogens (tertiary/aromatic N) is 2. The van der Waals surface area contributed by atoms with Crippen LogP contribution in [0.2, 0.25) is 0 Å². The standard InChI is InChI=1S/C17H23Br2N3O/c18-13-6-7-16(15(19)12-13)20-17(23)22-10-8-21(9-11-22)14-4-2-1-3-5-14/h6-7,12,14H,1-5,8-11H2,(H,20,23). The van der Waals surface area contributed by atoms with Gasteiger partial charge in [-0.15, -0.1) is 0 Å². The first-order valence-corrected chi connectivity index (χ1v) is 9.97. The van der Waals surface area contributed by atoms with Crippen molar-refractivity contribution in [2.45, 2.75) is 38.1 Å². The number of piperazine rings is 1. The second kappa shape index (κ2) is 7.99. The van der Waals surface area contributed by atoms with Crippen LogP contribution in [0.4, 0.5) is 10.5 Å². The third kappa shape index (κ3) is 4.48. The van der Waals surface area contributed by atoms with Gasteiger partial charge in [-0.2, -0.15) is 0 Å². The zero-order chi connectivity index (χ0) is 16.2. The van der Waals surface area contributed by atoms with Crippen LogP contribution in [0.1, 0.15) is 32.1 Å². The first-order valence-electron chi connectivity index (χ1n) is 8.38. The highest BCUT2D eigenvalue weighted by molar-refractivity contribution is 9.11. The lowest BCUT2D eigenvalue weighted by Crippen LogP contribution is -2.53. The Hall–Kier alpha value is -0.590. The fourth-order valence-electron chi connectivity index (χ4n) is 3.52. The molecule has 23 heavy (non-hydrogen) atoms. The lowest BCUT2D eigenvalue weighted by Gasteiger charge is -2.40. The number of hydrogen-bond donors (Lipinski definition) is 1. The zero-order valence-corrected chi connectivity index (χ0v) is 16.4. The third-order valence-corrected chi connectivity index (χ3v) is 6.01.